The molecule has 0 aliphatic heterocycles. The lowest BCUT2D eigenvalue weighted by Gasteiger charge is -1.99. The van der Waals surface area contributed by atoms with Gasteiger partial charge in [-0.2, -0.15) is 0 Å². The van der Waals surface area contributed by atoms with Crippen LogP contribution in [0.4, 0.5) is 0 Å². The van der Waals surface area contributed by atoms with Gasteiger partial charge in [-0.1, -0.05) is 0 Å². The van der Waals surface area contributed by atoms with E-state index in [1.54, 1.807) is 7.11 Å². The summed E-state index contributed by atoms with van der Waals surface area (Å²) in [6.45, 7) is 2.26. The molecule has 10 heavy (non-hydrogen) atoms. The molecule has 3 nitrogen and oxygen atoms in total. The van der Waals surface area contributed by atoms with E-state index in [0.717, 1.165) is 18.7 Å². The molecule has 0 saturated heterocycles. The van der Waals surface area contributed by atoms with Crippen LogP contribution in [0, 0.1) is 0 Å². The fourth-order valence-electron chi connectivity index (χ4n) is 0.479. The Hall–Kier alpha value is -0.220. The molecule has 0 heterocycles. The third kappa shape index (κ3) is 7.78. The van der Waals surface area contributed by atoms with Crippen LogP contribution >= 0.6 is 12.0 Å². The van der Waals surface area contributed by atoms with E-state index in [0.29, 0.717) is 0 Å². The lowest BCUT2D eigenvalue weighted by atomic mass is 10.5. The van der Waals surface area contributed by atoms with Crippen LogP contribution in [0.25, 0.3) is 0 Å². The predicted molar refractivity (Wildman–Crippen MR) is 42.8 cm³/mol. The summed E-state index contributed by atoms with van der Waals surface area (Å²) >= 11 is 1.41. The monoisotopic (exact) mass is 163 g/mol. The molecule has 0 saturated carbocycles. The highest BCUT2D eigenvalue weighted by atomic mass is 32.2. The number of carbonyl (C=O) groups excluding carboxylic acids is 1. The van der Waals surface area contributed by atoms with Crippen LogP contribution in [0.5, 0.6) is 0 Å². The summed E-state index contributed by atoms with van der Waals surface area (Å²) in [4.78, 5) is 10.3. The van der Waals surface area contributed by atoms with E-state index >= 15 is 0 Å². The summed E-state index contributed by atoms with van der Waals surface area (Å²) in [6, 6.07) is 0. The van der Waals surface area contributed by atoms with Crippen molar-refractivity contribution in [3.8, 4) is 0 Å². The number of amides is 1. The molecule has 0 aromatic heterocycles. The number of hydrogen-bond donors (Lipinski definition) is 1. The molecule has 60 valence electrons. The van der Waals surface area contributed by atoms with Gasteiger partial charge in [-0.3, -0.25) is 4.79 Å². The second kappa shape index (κ2) is 6.89. The van der Waals surface area contributed by atoms with Crippen LogP contribution in [0.1, 0.15) is 13.3 Å². The summed E-state index contributed by atoms with van der Waals surface area (Å²) in [5, 5.41) is 2.70. The number of carbonyl (C=O) groups is 1. The van der Waals surface area contributed by atoms with E-state index < -0.39 is 0 Å². The quantitative estimate of drug-likeness (QED) is 0.481. The van der Waals surface area contributed by atoms with Crippen molar-refractivity contribution in [2.24, 2.45) is 0 Å². The highest BCUT2D eigenvalue weighted by Crippen LogP contribution is 1.99. The van der Waals surface area contributed by atoms with Crippen molar-refractivity contribution < 1.29 is 8.98 Å². The molecular formula is C6H13NO2S. The van der Waals surface area contributed by atoms with Crippen molar-refractivity contribution >= 4 is 17.9 Å². The maximum atomic E-state index is 10.3. The van der Waals surface area contributed by atoms with Crippen LogP contribution in [-0.4, -0.2) is 25.3 Å². The van der Waals surface area contributed by atoms with E-state index in [9.17, 15) is 4.79 Å². The Bertz CT molecular complexity index is 97.7. The first-order chi connectivity index (χ1) is 4.77. The van der Waals surface area contributed by atoms with Crippen molar-refractivity contribution in [1.82, 2.24) is 5.32 Å². The van der Waals surface area contributed by atoms with Gasteiger partial charge in [-0.25, -0.2) is 0 Å². The fraction of sp³-hybridized carbons (Fsp3) is 0.833. The molecule has 1 amide bonds. The van der Waals surface area contributed by atoms with Gasteiger partial charge in [0.05, 0.1) is 7.11 Å². The molecule has 1 N–H and O–H groups in total. The molecular weight excluding hydrogens is 150 g/mol. The number of hydrogen-bond acceptors (Lipinski definition) is 3. The molecule has 4 heteroatoms. The average molecular weight is 163 g/mol. The van der Waals surface area contributed by atoms with E-state index in [-0.39, 0.29) is 5.91 Å². The molecule has 0 atom stereocenters. The largest absolute Gasteiger partial charge is 0.356 e. The lowest BCUT2D eigenvalue weighted by Crippen LogP contribution is -2.21. The molecule has 0 radical (unpaired) electrons. The van der Waals surface area contributed by atoms with Gasteiger partial charge in [0.15, 0.2) is 0 Å². The van der Waals surface area contributed by atoms with Gasteiger partial charge in [-0.05, 0) is 18.5 Å². The third-order valence-corrected chi connectivity index (χ3v) is 1.59. The number of rotatable bonds is 5. The maximum Gasteiger partial charge on any atom is 0.216 e. The Balaban J connectivity index is 2.84. The second-order valence-electron chi connectivity index (χ2n) is 1.83. The summed E-state index contributed by atoms with van der Waals surface area (Å²) in [5.41, 5.74) is 0. The van der Waals surface area contributed by atoms with Gasteiger partial charge in [0.1, 0.15) is 0 Å². The molecule has 0 aromatic carbocycles. The Kier molecular flexibility index (Phi) is 6.74. The molecule has 0 bridgehead atoms. The zero-order valence-corrected chi connectivity index (χ0v) is 7.16. The summed E-state index contributed by atoms with van der Waals surface area (Å²) in [5.74, 6) is 0.957. The first kappa shape index (κ1) is 9.78. The molecule has 0 aliphatic carbocycles. The molecule has 0 spiro atoms. The van der Waals surface area contributed by atoms with Crippen LogP contribution in [0.3, 0.4) is 0 Å². The first-order valence-electron chi connectivity index (χ1n) is 3.17. The molecule has 0 aliphatic rings. The van der Waals surface area contributed by atoms with Crippen molar-refractivity contribution in [2.45, 2.75) is 13.3 Å². The Morgan fingerprint density at radius 1 is 1.70 bits per heavy atom. The smallest absolute Gasteiger partial charge is 0.216 e. The van der Waals surface area contributed by atoms with E-state index in [1.165, 1.54) is 19.0 Å². The zero-order chi connectivity index (χ0) is 7.82. The number of nitrogens with one attached hydrogen (secondary N) is 1. The van der Waals surface area contributed by atoms with Crippen LogP contribution in [0.15, 0.2) is 0 Å². The van der Waals surface area contributed by atoms with Gasteiger partial charge >= 0.3 is 0 Å². The van der Waals surface area contributed by atoms with E-state index in [1.807, 2.05) is 0 Å². The minimum absolute atomic E-state index is 0.0300. The topological polar surface area (TPSA) is 38.3 Å². The van der Waals surface area contributed by atoms with Gasteiger partial charge in [-0.15, -0.1) is 0 Å². The maximum absolute atomic E-state index is 10.3. The van der Waals surface area contributed by atoms with Gasteiger partial charge in [0.25, 0.3) is 0 Å². The Morgan fingerprint density at radius 2 is 2.40 bits per heavy atom. The van der Waals surface area contributed by atoms with Crippen LogP contribution < -0.4 is 5.32 Å². The van der Waals surface area contributed by atoms with Crippen molar-refractivity contribution in [3.63, 3.8) is 0 Å². The fourth-order valence-corrected chi connectivity index (χ4v) is 0.908. The minimum Gasteiger partial charge on any atom is -0.356 e. The zero-order valence-electron chi connectivity index (χ0n) is 6.35. The first-order valence-corrected chi connectivity index (χ1v) is 4.08. The van der Waals surface area contributed by atoms with Crippen molar-refractivity contribution in [3.05, 3.63) is 0 Å². The van der Waals surface area contributed by atoms with Crippen LogP contribution in [-0.2, 0) is 8.98 Å². The summed E-state index contributed by atoms with van der Waals surface area (Å²) in [6.07, 6.45) is 0.956. The molecule has 0 unspecified atom stereocenters. The summed E-state index contributed by atoms with van der Waals surface area (Å²) < 4.78 is 4.75. The normalized spacial score (nSPS) is 9.40. The highest BCUT2D eigenvalue weighted by Gasteiger charge is 1.89. The Morgan fingerprint density at radius 3 is 2.90 bits per heavy atom. The average Bonchev–Trinajstić information content (AvgIpc) is 1.87. The second-order valence-corrected chi connectivity index (χ2v) is 2.80. The standard InChI is InChI=1S/C6H13NO2S/c1-6(8)7-4-3-5-10-9-2/h3-5H2,1-2H3,(H,7,8). The lowest BCUT2D eigenvalue weighted by molar-refractivity contribution is -0.118. The molecule has 0 fully saturated rings. The minimum atomic E-state index is 0.0300. The van der Waals surface area contributed by atoms with Crippen molar-refractivity contribution in [2.75, 3.05) is 19.4 Å². The van der Waals surface area contributed by atoms with E-state index in [4.69, 9.17) is 4.18 Å². The van der Waals surface area contributed by atoms with Gasteiger partial charge in [0, 0.05) is 19.2 Å². The highest BCUT2D eigenvalue weighted by molar-refractivity contribution is 7.94. The molecule has 0 aromatic rings. The van der Waals surface area contributed by atoms with Gasteiger partial charge in [0.2, 0.25) is 5.91 Å². The molecule has 0 rings (SSSR count). The van der Waals surface area contributed by atoms with Gasteiger partial charge < -0.3 is 9.50 Å². The predicted octanol–water partition coefficient (Wildman–Crippen LogP) is 0.807. The van der Waals surface area contributed by atoms with Crippen molar-refractivity contribution in [1.29, 1.82) is 0 Å². The third-order valence-electron chi connectivity index (χ3n) is 0.896. The Labute approximate surface area is 65.7 Å². The van der Waals surface area contributed by atoms with Crippen LogP contribution in [0.2, 0.25) is 0 Å². The van der Waals surface area contributed by atoms with E-state index in [2.05, 4.69) is 5.32 Å². The SMILES string of the molecule is COSCCCNC(C)=O. The summed E-state index contributed by atoms with van der Waals surface area (Å²) in [7, 11) is 1.64.